The second kappa shape index (κ2) is 10.6. The Hall–Kier alpha value is -3.70. The summed E-state index contributed by atoms with van der Waals surface area (Å²) in [5.41, 5.74) is 17.1. The van der Waals surface area contributed by atoms with Crippen LogP contribution in [0.5, 0.6) is 0 Å². The van der Waals surface area contributed by atoms with Crippen molar-refractivity contribution in [3.63, 3.8) is 0 Å². The molecule has 0 aliphatic heterocycles. The lowest BCUT2D eigenvalue weighted by molar-refractivity contribution is 0.0984. The van der Waals surface area contributed by atoms with Crippen LogP contribution in [-0.2, 0) is 19.6 Å². The number of nitrogens with two attached hydrogens (primary N) is 2. The van der Waals surface area contributed by atoms with Crippen molar-refractivity contribution in [2.24, 2.45) is 11.5 Å². The third-order valence-corrected chi connectivity index (χ3v) is 5.30. The van der Waals surface area contributed by atoms with Crippen LogP contribution < -0.4 is 11.5 Å². The van der Waals surface area contributed by atoms with Crippen LogP contribution in [0.1, 0.15) is 56.3 Å². The van der Waals surface area contributed by atoms with Gasteiger partial charge >= 0.3 is 0 Å². The molecule has 0 unspecified atom stereocenters. The van der Waals surface area contributed by atoms with E-state index in [0.717, 1.165) is 27.8 Å². The van der Waals surface area contributed by atoms with E-state index in [2.05, 4.69) is 17.5 Å². The molecule has 0 spiro atoms. The van der Waals surface area contributed by atoms with Crippen molar-refractivity contribution in [2.45, 2.75) is 33.0 Å². The summed E-state index contributed by atoms with van der Waals surface area (Å²) in [4.78, 5) is 26.0. The van der Waals surface area contributed by atoms with Crippen molar-refractivity contribution >= 4 is 17.4 Å². The maximum atomic E-state index is 12.2. The second-order valence-electron chi connectivity index (χ2n) is 7.91. The molecule has 0 bridgehead atoms. The molecular weight excluding hydrogens is 398 g/mol. The maximum absolute atomic E-state index is 12.2. The van der Waals surface area contributed by atoms with Crippen molar-refractivity contribution in [1.82, 2.24) is 4.90 Å². The summed E-state index contributed by atoms with van der Waals surface area (Å²) in [5, 5.41) is 0. The van der Waals surface area contributed by atoms with Gasteiger partial charge in [-0.1, -0.05) is 62.0 Å². The highest BCUT2D eigenvalue weighted by Gasteiger charge is 2.12. The summed E-state index contributed by atoms with van der Waals surface area (Å²) in [6.45, 7) is 7.61. The van der Waals surface area contributed by atoms with Gasteiger partial charge in [-0.15, -0.1) is 0 Å². The number of hydrogen-bond donors (Lipinski definition) is 2. The van der Waals surface area contributed by atoms with E-state index in [9.17, 15) is 9.59 Å². The average Bonchev–Trinajstić information content (AvgIpc) is 2.79. The second-order valence-corrected chi connectivity index (χ2v) is 7.91. The first-order chi connectivity index (χ1) is 15.4. The van der Waals surface area contributed by atoms with E-state index in [0.29, 0.717) is 37.3 Å². The SMILES string of the molecule is C=C(N)c1cccc(CN(Cc2cccc(C(N)=O)c2)Cc2cccc(C(=O)CC)c2)c1. The lowest BCUT2D eigenvalue weighted by Gasteiger charge is -2.23. The molecule has 5 nitrogen and oxygen atoms in total. The monoisotopic (exact) mass is 427 g/mol. The van der Waals surface area contributed by atoms with Crippen molar-refractivity contribution in [3.8, 4) is 0 Å². The van der Waals surface area contributed by atoms with E-state index in [1.54, 1.807) is 6.07 Å². The molecule has 0 heterocycles. The fraction of sp³-hybridized carbons (Fsp3) is 0.185. The topological polar surface area (TPSA) is 89.4 Å². The van der Waals surface area contributed by atoms with Crippen molar-refractivity contribution in [1.29, 1.82) is 0 Å². The molecule has 164 valence electrons. The highest BCUT2D eigenvalue weighted by Crippen LogP contribution is 2.18. The van der Waals surface area contributed by atoms with Crippen LogP contribution in [0.15, 0.2) is 79.4 Å². The van der Waals surface area contributed by atoms with Crippen molar-refractivity contribution in [3.05, 3.63) is 113 Å². The molecule has 5 heteroatoms. The highest BCUT2D eigenvalue weighted by molar-refractivity contribution is 5.96. The fourth-order valence-corrected chi connectivity index (χ4v) is 3.68. The molecule has 32 heavy (non-hydrogen) atoms. The largest absolute Gasteiger partial charge is 0.399 e. The van der Waals surface area contributed by atoms with Gasteiger partial charge in [-0.3, -0.25) is 14.5 Å². The molecule has 0 fully saturated rings. The number of benzene rings is 3. The summed E-state index contributed by atoms with van der Waals surface area (Å²) >= 11 is 0. The molecule has 0 aliphatic rings. The van der Waals surface area contributed by atoms with Gasteiger partial charge in [-0.25, -0.2) is 0 Å². The first-order valence-electron chi connectivity index (χ1n) is 10.6. The smallest absolute Gasteiger partial charge is 0.248 e. The van der Waals surface area contributed by atoms with Gasteiger partial charge in [0.2, 0.25) is 5.91 Å². The minimum atomic E-state index is -0.446. The van der Waals surface area contributed by atoms with Crippen LogP contribution in [0.25, 0.3) is 5.70 Å². The zero-order valence-corrected chi connectivity index (χ0v) is 18.4. The predicted molar refractivity (Wildman–Crippen MR) is 129 cm³/mol. The Bertz CT molecular complexity index is 1080. The molecule has 3 rings (SSSR count). The molecule has 0 saturated carbocycles. The summed E-state index contributed by atoms with van der Waals surface area (Å²) in [6.07, 6.45) is 0.475. The maximum Gasteiger partial charge on any atom is 0.248 e. The number of ketones is 1. The van der Waals surface area contributed by atoms with Crippen molar-refractivity contribution in [2.75, 3.05) is 0 Å². The highest BCUT2D eigenvalue weighted by atomic mass is 16.1. The lowest BCUT2D eigenvalue weighted by Crippen LogP contribution is -2.23. The van der Waals surface area contributed by atoms with Gasteiger partial charge in [-0.2, -0.15) is 0 Å². The zero-order valence-electron chi connectivity index (χ0n) is 18.4. The van der Waals surface area contributed by atoms with Gasteiger partial charge in [0.1, 0.15) is 0 Å². The Labute approximate surface area is 189 Å². The van der Waals surface area contributed by atoms with Gasteiger partial charge in [0.15, 0.2) is 5.78 Å². The quantitative estimate of drug-likeness (QED) is 0.466. The van der Waals surface area contributed by atoms with Crippen molar-refractivity contribution < 1.29 is 9.59 Å². The van der Waals surface area contributed by atoms with Gasteiger partial charge in [-0.05, 0) is 46.5 Å². The van der Waals surface area contributed by atoms with Gasteiger partial charge < -0.3 is 11.5 Å². The van der Waals surface area contributed by atoms with Crippen LogP contribution in [0.2, 0.25) is 0 Å². The number of rotatable bonds is 10. The number of Topliss-reactive ketones (excluding diaryl/α,β-unsaturated/α-hetero) is 1. The van der Waals surface area contributed by atoms with E-state index in [4.69, 9.17) is 11.5 Å². The predicted octanol–water partition coefficient (Wildman–Crippen LogP) is 4.51. The summed E-state index contributed by atoms with van der Waals surface area (Å²) < 4.78 is 0. The Morgan fingerprint density at radius 2 is 1.19 bits per heavy atom. The first kappa shape index (κ1) is 23.0. The normalized spacial score (nSPS) is 10.8. The Kier molecular flexibility index (Phi) is 7.58. The summed E-state index contributed by atoms with van der Waals surface area (Å²) in [5.74, 6) is -0.319. The minimum absolute atomic E-state index is 0.127. The minimum Gasteiger partial charge on any atom is -0.399 e. The Morgan fingerprint density at radius 1 is 0.750 bits per heavy atom. The summed E-state index contributed by atoms with van der Waals surface area (Å²) in [7, 11) is 0. The molecular formula is C27H29N3O2. The number of hydrogen-bond acceptors (Lipinski definition) is 4. The molecule has 0 saturated heterocycles. The van der Waals surface area contributed by atoms with Crippen LogP contribution in [0.3, 0.4) is 0 Å². The molecule has 0 aromatic heterocycles. The van der Waals surface area contributed by atoms with Crippen LogP contribution in [0.4, 0.5) is 0 Å². The van der Waals surface area contributed by atoms with Crippen LogP contribution in [-0.4, -0.2) is 16.6 Å². The van der Waals surface area contributed by atoms with Gasteiger partial charge in [0.25, 0.3) is 0 Å². The molecule has 0 atom stereocenters. The van der Waals surface area contributed by atoms with E-state index in [1.165, 1.54) is 0 Å². The van der Waals surface area contributed by atoms with E-state index >= 15 is 0 Å². The van der Waals surface area contributed by atoms with E-state index < -0.39 is 5.91 Å². The fourth-order valence-electron chi connectivity index (χ4n) is 3.68. The molecule has 0 aliphatic carbocycles. The van der Waals surface area contributed by atoms with Gasteiger partial charge in [0.05, 0.1) is 0 Å². The van der Waals surface area contributed by atoms with E-state index in [1.807, 2.05) is 67.6 Å². The van der Waals surface area contributed by atoms with Gasteiger partial charge in [0, 0.05) is 42.9 Å². The number of primary amides is 1. The zero-order chi connectivity index (χ0) is 23.1. The Balaban J connectivity index is 1.89. The molecule has 3 aromatic rings. The molecule has 0 radical (unpaired) electrons. The van der Waals surface area contributed by atoms with E-state index in [-0.39, 0.29) is 5.78 Å². The Morgan fingerprint density at radius 3 is 1.66 bits per heavy atom. The molecule has 4 N–H and O–H groups in total. The number of nitrogens with zero attached hydrogens (tertiary/aromatic N) is 1. The number of amides is 1. The lowest BCUT2D eigenvalue weighted by atomic mass is 10.0. The third kappa shape index (κ3) is 6.15. The molecule has 3 aromatic carbocycles. The van der Waals surface area contributed by atoms with Crippen LogP contribution >= 0.6 is 0 Å². The average molecular weight is 428 g/mol. The number of carbonyl (C=O) groups is 2. The third-order valence-electron chi connectivity index (χ3n) is 5.30. The number of carbonyl (C=O) groups excluding carboxylic acids is 2. The van der Waals surface area contributed by atoms with Crippen LogP contribution in [0, 0.1) is 0 Å². The molecule has 1 amide bonds. The first-order valence-corrected chi connectivity index (χ1v) is 10.6. The summed E-state index contributed by atoms with van der Waals surface area (Å²) in [6, 6.07) is 23.1. The standard InChI is InChI=1S/C27H29N3O2/c1-3-26(31)24-11-5-8-21(14-24)17-30(16-20-7-4-10-23(13-20)19(2)28)18-22-9-6-12-25(15-22)27(29)32/h4-15H,2-3,16-18,28H2,1H3,(H2,29,32).